The second-order valence-corrected chi connectivity index (χ2v) is 5.58. The molecule has 0 aliphatic heterocycles. The normalized spacial score (nSPS) is 12.5. The molecule has 0 aliphatic rings. The maximum Gasteiger partial charge on any atom is 0.165 e. The number of rotatable bonds is 10. The zero-order valence-electron chi connectivity index (χ0n) is 13.7. The van der Waals surface area contributed by atoms with E-state index < -0.39 is 6.10 Å². The Balaban J connectivity index is 2.80. The predicted molar refractivity (Wildman–Crippen MR) is 85.9 cm³/mol. The molecule has 0 heterocycles. The smallest absolute Gasteiger partial charge is 0.165 e. The highest BCUT2D eigenvalue weighted by Crippen LogP contribution is 2.31. The Labute approximate surface area is 128 Å². The molecular weight excluding hydrogens is 266 g/mol. The fraction of sp³-hybridized carbons (Fsp3) is 0.647. The molecule has 1 aromatic carbocycles. The van der Waals surface area contributed by atoms with Crippen LogP contribution in [0, 0.1) is 5.92 Å². The van der Waals surface area contributed by atoms with Gasteiger partial charge in [-0.3, -0.25) is 0 Å². The third-order valence-electron chi connectivity index (χ3n) is 3.12. The first-order valence-electron chi connectivity index (χ1n) is 7.84. The molecule has 120 valence electrons. The summed E-state index contributed by atoms with van der Waals surface area (Å²) in [6, 6.07) is 5.91. The van der Waals surface area contributed by atoms with Gasteiger partial charge >= 0.3 is 0 Å². The number of ether oxygens (including phenoxy) is 2. The number of aliphatic hydroxyl groups is 1. The molecule has 1 atom stereocenters. The number of nitrogens with one attached hydrogen (secondary N) is 1. The molecule has 0 bridgehead atoms. The monoisotopic (exact) mass is 295 g/mol. The van der Waals surface area contributed by atoms with E-state index in [9.17, 15) is 5.11 Å². The summed E-state index contributed by atoms with van der Waals surface area (Å²) in [5.74, 6) is 2.08. The summed E-state index contributed by atoms with van der Waals surface area (Å²) in [5.41, 5.74) is 1.06. The Hall–Kier alpha value is -1.26. The molecule has 0 radical (unpaired) electrons. The van der Waals surface area contributed by atoms with Gasteiger partial charge in [0.1, 0.15) is 6.61 Å². The van der Waals surface area contributed by atoms with Gasteiger partial charge in [0.25, 0.3) is 0 Å². The Morgan fingerprint density at radius 2 is 1.95 bits per heavy atom. The highest BCUT2D eigenvalue weighted by atomic mass is 16.5. The maximum absolute atomic E-state index is 9.70. The number of para-hydroxylation sites is 1. The van der Waals surface area contributed by atoms with Crippen molar-refractivity contribution in [3.05, 3.63) is 23.8 Å². The lowest BCUT2D eigenvalue weighted by atomic mass is 10.1. The van der Waals surface area contributed by atoms with Gasteiger partial charge in [-0.25, -0.2) is 0 Å². The van der Waals surface area contributed by atoms with Crippen LogP contribution in [0.1, 0.15) is 39.7 Å². The van der Waals surface area contributed by atoms with Gasteiger partial charge in [0.15, 0.2) is 11.5 Å². The summed E-state index contributed by atoms with van der Waals surface area (Å²) >= 11 is 0. The van der Waals surface area contributed by atoms with E-state index in [1.54, 1.807) is 0 Å². The molecule has 0 aromatic heterocycles. The third kappa shape index (κ3) is 6.36. The molecule has 4 nitrogen and oxygen atoms in total. The standard InChI is InChI=1S/C17H29NO3/c1-5-15(19)12-21-17-14(11-18-10-13(3)4)8-7-9-16(17)20-6-2/h7-9,13,15,18-19H,5-6,10-12H2,1-4H3. The fourth-order valence-corrected chi connectivity index (χ4v) is 1.93. The topological polar surface area (TPSA) is 50.7 Å². The van der Waals surface area contributed by atoms with E-state index in [4.69, 9.17) is 9.47 Å². The van der Waals surface area contributed by atoms with Gasteiger partial charge < -0.3 is 19.9 Å². The first-order valence-corrected chi connectivity index (χ1v) is 7.84. The van der Waals surface area contributed by atoms with Gasteiger partial charge in [-0.15, -0.1) is 0 Å². The quantitative estimate of drug-likeness (QED) is 0.697. The molecule has 0 fully saturated rings. The van der Waals surface area contributed by atoms with Gasteiger partial charge in [0.05, 0.1) is 12.7 Å². The Bertz CT molecular complexity index is 407. The summed E-state index contributed by atoms with van der Waals surface area (Å²) in [4.78, 5) is 0. The van der Waals surface area contributed by atoms with Crippen molar-refractivity contribution in [3.63, 3.8) is 0 Å². The molecule has 21 heavy (non-hydrogen) atoms. The summed E-state index contributed by atoms with van der Waals surface area (Å²) < 4.78 is 11.5. The van der Waals surface area contributed by atoms with Crippen molar-refractivity contribution in [1.29, 1.82) is 0 Å². The van der Waals surface area contributed by atoms with Crippen LogP contribution < -0.4 is 14.8 Å². The molecule has 1 rings (SSSR count). The van der Waals surface area contributed by atoms with Crippen molar-refractivity contribution in [2.75, 3.05) is 19.8 Å². The van der Waals surface area contributed by atoms with Crippen LogP contribution >= 0.6 is 0 Å². The summed E-state index contributed by atoms with van der Waals surface area (Å²) in [6.07, 6.45) is 0.230. The fourth-order valence-electron chi connectivity index (χ4n) is 1.93. The molecule has 0 aliphatic carbocycles. The van der Waals surface area contributed by atoms with Crippen molar-refractivity contribution >= 4 is 0 Å². The highest BCUT2D eigenvalue weighted by Gasteiger charge is 2.13. The van der Waals surface area contributed by atoms with Crippen LogP contribution in [0.25, 0.3) is 0 Å². The lowest BCUT2D eigenvalue weighted by Crippen LogP contribution is -2.21. The SMILES string of the molecule is CCOc1cccc(CNCC(C)C)c1OCC(O)CC. The zero-order valence-corrected chi connectivity index (χ0v) is 13.7. The van der Waals surface area contributed by atoms with E-state index in [1.165, 1.54) is 0 Å². The molecule has 4 heteroatoms. The summed E-state index contributed by atoms with van der Waals surface area (Å²) in [7, 11) is 0. The molecule has 0 spiro atoms. The van der Waals surface area contributed by atoms with Crippen molar-refractivity contribution in [3.8, 4) is 11.5 Å². The minimum atomic E-state index is -0.448. The Morgan fingerprint density at radius 3 is 2.57 bits per heavy atom. The van der Waals surface area contributed by atoms with Crippen molar-refractivity contribution in [2.45, 2.75) is 46.8 Å². The van der Waals surface area contributed by atoms with E-state index >= 15 is 0 Å². The van der Waals surface area contributed by atoms with Crippen LogP contribution in [-0.4, -0.2) is 31.0 Å². The highest BCUT2D eigenvalue weighted by molar-refractivity contribution is 5.46. The van der Waals surface area contributed by atoms with Crippen LogP contribution in [0.15, 0.2) is 18.2 Å². The van der Waals surface area contributed by atoms with Crippen LogP contribution in [-0.2, 0) is 6.54 Å². The minimum absolute atomic E-state index is 0.289. The van der Waals surface area contributed by atoms with Gasteiger partial charge in [-0.05, 0) is 31.9 Å². The Morgan fingerprint density at radius 1 is 1.19 bits per heavy atom. The van der Waals surface area contributed by atoms with Gasteiger partial charge in [0, 0.05) is 12.1 Å². The van der Waals surface area contributed by atoms with Crippen molar-refractivity contribution in [2.24, 2.45) is 5.92 Å². The average molecular weight is 295 g/mol. The second-order valence-electron chi connectivity index (χ2n) is 5.58. The van der Waals surface area contributed by atoms with E-state index in [1.807, 2.05) is 32.0 Å². The molecule has 2 N–H and O–H groups in total. The molecule has 1 unspecified atom stereocenters. The zero-order chi connectivity index (χ0) is 15.7. The number of benzene rings is 1. The molecular formula is C17H29NO3. The van der Waals surface area contributed by atoms with E-state index in [-0.39, 0.29) is 6.61 Å². The molecule has 0 saturated heterocycles. The summed E-state index contributed by atoms with van der Waals surface area (Å²) in [6.45, 7) is 10.8. The molecule has 0 amide bonds. The number of hydrogen-bond donors (Lipinski definition) is 2. The molecule has 1 aromatic rings. The predicted octanol–water partition coefficient (Wildman–Crippen LogP) is 2.98. The van der Waals surface area contributed by atoms with Crippen molar-refractivity contribution in [1.82, 2.24) is 5.32 Å². The minimum Gasteiger partial charge on any atom is -0.490 e. The van der Waals surface area contributed by atoms with Crippen LogP contribution in [0.4, 0.5) is 0 Å². The van der Waals surface area contributed by atoms with E-state index in [2.05, 4.69) is 19.2 Å². The number of hydrogen-bond acceptors (Lipinski definition) is 4. The largest absolute Gasteiger partial charge is 0.490 e. The van der Waals surface area contributed by atoms with E-state index in [0.717, 1.165) is 30.2 Å². The first kappa shape index (κ1) is 17.8. The second kappa shape index (κ2) is 9.64. The summed E-state index contributed by atoms with van der Waals surface area (Å²) in [5, 5.41) is 13.1. The third-order valence-corrected chi connectivity index (χ3v) is 3.12. The Kier molecular flexibility index (Phi) is 8.16. The van der Waals surface area contributed by atoms with Gasteiger partial charge in [0.2, 0.25) is 0 Å². The maximum atomic E-state index is 9.70. The lowest BCUT2D eigenvalue weighted by molar-refractivity contribution is 0.101. The van der Waals surface area contributed by atoms with Gasteiger partial charge in [-0.1, -0.05) is 32.9 Å². The molecule has 0 saturated carbocycles. The van der Waals surface area contributed by atoms with Crippen LogP contribution in [0.2, 0.25) is 0 Å². The number of aliphatic hydroxyl groups excluding tert-OH is 1. The van der Waals surface area contributed by atoms with Crippen molar-refractivity contribution < 1.29 is 14.6 Å². The van der Waals surface area contributed by atoms with Crippen LogP contribution in [0.3, 0.4) is 0 Å². The van der Waals surface area contributed by atoms with E-state index in [0.29, 0.717) is 18.9 Å². The average Bonchev–Trinajstić information content (AvgIpc) is 2.46. The van der Waals surface area contributed by atoms with Gasteiger partial charge in [-0.2, -0.15) is 0 Å². The first-order chi connectivity index (χ1) is 10.1. The van der Waals surface area contributed by atoms with Crippen LogP contribution in [0.5, 0.6) is 11.5 Å². The lowest BCUT2D eigenvalue weighted by Gasteiger charge is -2.18.